The van der Waals surface area contributed by atoms with Crippen LogP contribution in [0.1, 0.15) is 21.6 Å². The van der Waals surface area contributed by atoms with Crippen molar-refractivity contribution >= 4 is 15.9 Å². The first-order valence-corrected chi connectivity index (χ1v) is 11.4. The van der Waals surface area contributed by atoms with Gasteiger partial charge in [0.15, 0.2) is 0 Å². The van der Waals surface area contributed by atoms with Crippen LogP contribution in [-0.2, 0) is 27.9 Å². The van der Waals surface area contributed by atoms with Crippen LogP contribution in [0.5, 0.6) is 5.75 Å². The number of rotatable bonds is 11. The molecule has 168 valence electrons. The number of hydrogen-bond donors (Lipinski definition) is 2. The molecule has 0 bridgehead atoms. The standard InChI is InChI=1S/C23H25N3O5S/c1-30-15-14-26-32(28,29)22-11-7-19(8-12-22)23(27)25-16-18-5-9-21(10-6-18)31-17-20-4-2-3-13-24-20/h2-13,26H,14-17H2,1H3,(H,25,27). The Kier molecular flexibility index (Phi) is 8.32. The minimum absolute atomic E-state index is 0.0893. The van der Waals surface area contributed by atoms with Crippen LogP contribution < -0.4 is 14.8 Å². The Hall–Kier alpha value is -3.27. The third-order valence-corrected chi connectivity index (χ3v) is 5.99. The van der Waals surface area contributed by atoms with Gasteiger partial charge in [-0.05, 0) is 54.1 Å². The van der Waals surface area contributed by atoms with Gasteiger partial charge in [0.25, 0.3) is 5.91 Å². The second-order valence-corrected chi connectivity index (χ2v) is 8.62. The number of carbonyl (C=O) groups excluding carboxylic acids is 1. The molecule has 0 spiro atoms. The van der Waals surface area contributed by atoms with E-state index < -0.39 is 10.0 Å². The average molecular weight is 456 g/mol. The number of ether oxygens (including phenoxy) is 2. The highest BCUT2D eigenvalue weighted by Crippen LogP contribution is 2.14. The number of amides is 1. The van der Waals surface area contributed by atoms with Crippen molar-refractivity contribution in [1.29, 1.82) is 0 Å². The fourth-order valence-electron chi connectivity index (χ4n) is 2.78. The van der Waals surface area contributed by atoms with Crippen molar-refractivity contribution in [1.82, 2.24) is 15.0 Å². The van der Waals surface area contributed by atoms with E-state index in [4.69, 9.17) is 9.47 Å². The van der Waals surface area contributed by atoms with Gasteiger partial charge in [-0.3, -0.25) is 9.78 Å². The van der Waals surface area contributed by atoms with E-state index in [2.05, 4.69) is 15.0 Å². The summed E-state index contributed by atoms with van der Waals surface area (Å²) >= 11 is 0. The molecular weight excluding hydrogens is 430 g/mol. The molecule has 0 saturated heterocycles. The van der Waals surface area contributed by atoms with Gasteiger partial charge in [0.1, 0.15) is 12.4 Å². The highest BCUT2D eigenvalue weighted by atomic mass is 32.2. The molecule has 0 saturated carbocycles. The second kappa shape index (κ2) is 11.4. The quantitative estimate of drug-likeness (QED) is 0.430. The molecule has 0 aliphatic carbocycles. The summed E-state index contributed by atoms with van der Waals surface area (Å²) in [4.78, 5) is 16.7. The van der Waals surface area contributed by atoms with Crippen molar-refractivity contribution in [2.24, 2.45) is 0 Å². The Labute approximate surface area is 187 Å². The average Bonchev–Trinajstić information content (AvgIpc) is 2.83. The Morgan fingerprint density at radius 2 is 1.75 bits per heavy atom. The number of sulfonamides is 1. The number of hydrogen-bond acceptors (Lipinski definition) is 6. The van der Waals surface area contributed by atoms with E-state index in [-0.39, 0.29) is 24.0 Å². The molecule has 1 amide bonds. The minimum Gasteiger partial charge on any atom is -0.487 e. The lowest BCUT2D eigenvalue weighted by Crippen LogP contribution is -2.27. The van der Waals surface area contributed by atoms with E-state index in [9.17, 15) is 13.2 Å². The fourth-order valence-corrected chi connectivity index (χ4v) is 3.79. The van der Waals surface area contributed by atoms with Crippen molar-refractivity contribution in [3.63, 3.8) is 0 Å². The van der Waals surface area contributed by atoms with Crippen molar-refractivity contribution in [3.05, 3.63) is 89.7 Å². The molecule has 8 nitrogen and oxygen atoms in total. The van der Waals surface area contributed by atoms with Crippen LogP contribution in [0, 0.1) is 0 Å². The molecule has 3 aromatic rings. The zero-order valence-electron chi connectivity index (χ0n) is 17.7. The Bertz CT molecular complexity index is 1100. The minimum atomic E-state index is -3.63. The molecule has 0 aliphatic rings. The SMILES string of the molecule is COCCNS(=O)(=O)c1ccc(C(=O)NCc2ccc(OCc3ccccn3)cc2)cc1. The van der Waals surface area contributed by atoms with Gasteiger partial charge in [-0.2, -0.15) is 0 Å². The summed E-state index contributed by atoms with van der Waals surface area (Å²) in [7, 11) is -2.14. The Balaban J connectivity index is 1.49. The molecule has 0 atom stereocenters. The maximum absolute atomic E-state index is 12.4. The normalized spacial score (nSPS) is 11.2. The van der Waals surface area contributed by atoms with Crippen LogP contribution in [0.3, 0.4) is 0 Å². The lowest BCUT2D eigenvalue weighted by atomic mass is 10.2. The summed E-state index contributed by atoms with van der Waals surface area (Å²) < 4.78 is 37.3. The third kappa shape index (κ3) is 6.88. The number of carbonyl (C=O) groups is 1. The molecule has 1 heterocycles. The highest BCUT2D eigenvalue weighted by molar-refractivity contribution is 7.89. The molecule has 2 N–H and O–H groups in total. The summed E-state index contributed by atoms with van der Waals surface area (Å²) in [6.07, 6.45) is 1.72. The molecule has 2 aromatic carbocycles. The summed E-state index contributed by atoms with van der Waals surface area (Å²) in [5.74, 6) is 0.415. The molecule has 0 fully saturated rings. The Morgan fingerprint density at radius 1 is 1.00 bits per heavy atom. The van der Waals surface area contributed by atoms with Crippen LogP contribution in [0.2, 0.25) is 0 Å². The number of nitrogens with one attached hydrogen (secondary N) is 2. The summed E-state index contributed by atoms with van der Waals surface area (Å²) in [6.45, 7) is 1.16. The number of nitrogens with zero attached hydrogens (tertiary/aromatic N) is 1. The van der Waals surface area contributed by atoms with Gasteiger partial charge in [0.2, 0.25) is 10.0 Å². The monoisotopic (exact) mass is 455 g/mol. The zero-order valence-corrected chi connectivity index (χ0v) is 18.5. The lowest BCUT2D eigenvalue weighted by Gasteiger charge is -2.09. The van der Waals surface area contributed by atoms with Gasteiger partial charge in [-0.15, -0.1) is 0 Å². The fraction of sp³-hybridized carbons (Fsp3) is 0.217. The molecule has 1 aromatic heterocycles. The first-order chi connectivity index (χ1) is 15.5. The topological polar surface area (TPSA) is 107 Å². The largest absolute Gasteiger partial charge is 0.487 e. The van der Waals surface area contributed by atoms with Crippen molar-refractivity contribution in [3.8, 4) is 5.75 Å². The van der Waals surface area contributed by atoms with E-state index in [0.717, 1.165) is 11.3 Å². The van der Waals surface area contributed by atoms with Gasteiger partial charge in [-0.1, -0.05) is 18.2 Å². The van der Waals surface area contributed by atoms with E-state index >= 15 is 0 Å². The number of aromatic nitrogens is 1. The number of methoxy groups -OCH3 is 1. The molecule has 0 unspecified atom stereocenters. The van der Waals surface area contributed by atoms with Gasteiger partial charge in [0, 0.05) is 32.0 Å². The second-order valence-electron chi connectivity index (χ2n) is 6.85. The third-order valence-electron chi connectivity index (χ3n) is 4.51. The van der Waals surface area contributed by atoms with Crippen molar-refractivity contribution in [2.75, 3.05) is 20.3 Å². The highest BCUT2D eigenvalue weighted by Gasteiger charge is 2.14. The summed E-state index contributed by atoms with van der Waals surface area (Å²) in [5, 5.41) is 2.82. The molecular formula is C23H25N3O5S. The summed E-state index contributed by atoms with van der Waals surface area (Å²) in [6, 6.07) is 18.8. The van der Waals surface area contributed by atoms with E-state index in [1.54, 1.807) is 6.20 Å². The molecule has 0 radical (unpaired) electrons. The van der Waals surface area contributed by atoms with Gasteiger partial charge in [0.05, 0.1) is 17.2 Å². The van der Waals surface area contributed by atoms with Crippen molar-refractivity contribution in [2.45, 2.75) is 18.0 Å². The van der Waals surface area contributed by atoms with Gasteiger partial charge < -0.3 is 14.8 Å². The smallest absolute Gasteiger partial charge is 0.251 e. The number of pyridine rings is 1. The Morgan fingerprint density at radius 3 is 2.41 bits per heavy atom. The molecule has 32 heavy (non-hydrogen) atoms. The predicted molar refractivity (Wildman–Crippen MR) is 120 cm³/mol. The van der Waals surface area contributed by atoms with Crippen LogP contribution in [-0.4, -0.2) is 39.6 Å². The van der Waals surface area contributed by atoms with Crippen molar-refractivity contribution < 1.29 is 22.7 Å². The van der Waals surface area contributed by atoms with E-state index in [1.165, 1.54) is 31.4 Å². The van der Waals surface area contributed by atoms with E-state index in [1.807, 2.05) is 42.5 Å². The van der Waals surface area contributed by atoms with E-state index in [0.29, 0.717) is 24.5 Å². The first-order valence-electron chi connectivity index (χ1n) is 9.96. The van der Waals surface area contributed by atoms with Crippen LogP contribution in [0.15, 0.2) is 77.8 Å². The summed E-state index contributed by atoms with van der Waals surface area (Å²) in [5.41, 5.74) is 2.12. The van der Waals surface area contributed by atoms with Gasteiger partial charge in [-0.25, -0.2) is 13.1 Å². The van der Waals surface area contributed by atoms with Crippen LogP contribution in [0.4, 0.5) is 0 Å². The van der Waals surface area contributed by atoms with Gasteiger partial charge >= 0.3 is 0 Å². The first kappa shape index (κ1) is 23.4. The lowest BCUT2D eigenvalue weighted by molar-refractivity contribution is 0.0951. The number of benzene rings is 2. The molecule has 0 aliphatic heterocycles. The van der Waals surface area contributed by atoms with Crippen LogP contribution in [0.25, 0.3) is 0 Å². The maximum atomic E-state index is 12.4. The zero-order chi connectivity index (χ0) is 22.8. The molecule has 3 rings (SSSR count). The predicted octanol–water partition coefficient (Wildman–Crippen LogP) is 2.52. The maximum Gasteiger partial charge on any atom is 0.251 e. The molecule has 9 heteroatoms. The van der Waals surface area contributed by atoms with Crippen LogP contribution >= 0.6 is 0 Å².